The summed E-state index contributed by atoms with van der Waals surface area (Å²) >= 11 is 0. The lowest BCUT2D eigenvalue weighted by Crippen LogP contribution is -2.31. The van der Waals surface area contributed by atoms with Gasteiger partial charge in [-0.05, 0) is 57.2 Å². The van der Waals surface area contributed by atoms with Crippen molar-refractivity contribution in [1.82, 2.24) is 5.32 Å². The molecule has 0 heterocycles. The van der Waals surface area contributed by atoms with Gasteiger partial charge in [-0.15, -0.1) is 0 Å². The molecule has 0 radical (unpaired) electrons. The van der Waals surface area contributed by atoms with Crippen molar-refractivity contribution in [2.24, 2.45) is 5.92 Å². The summed E-state index contributed by atoms with van der Waals surface area (Å²) in [4.78, 5) is 0. The zero-order chi connectivity index (χ0) is 15.2. The van der Waals surface area contributed by atoms with Gasteiger partial charge < -0.3 is 14.8 Å². The molecule has 3 heteroatoms. The molecule has 0 spiro atoms. The van der Waals surface area contributed by atoms with Crippen molar-refractivity contribution in [3.63, 3.8) is 0 Å². The van der Waals surface area contributed by atoms with Gasteiger partial charge in [-0.1, -0.05) is 18.9 Å². The summed E-state index contributed by atoms with van der Waals surface area (Å²) in [5.74, 6) is 2.48. The normalized spacial score (nSPS) is 17.2. The third-order valence-corrected chi connectivity index (χ3v) is 4.33. The Morgan fingerprint density at radius 2 is 1.86 bits per heavy atom. The molecule has 1 aliphatic rings. The fourth-order valence-corrected chi connectivity index (χ4v) is 3.08. The van der Waals surface area contributed by atoms with E-state index in [9.17, 15) is 0 Å². The van der Waals surface area contributed by atoms with Crippen molar-refractivity contribution in [2.75, 3.05) is 7.11 Å². The molecule has 0 saturated heterocycles. The predicted molar refractivity (Wildman–Crippen MR) is 87.0 cm³/mol. The zero-order valence-corrected chi connectivity index (χ0v) is 13.8. The van der Waals surface area contributed by atoms with Crippen molar-refractivity contribution in [2.45, 2.75) is 65.1 Å². The second kappa shape index (κ2) is 7.69. The summed E-state index contributed by atoms with van der Waals surface area (Å²) in [5, 5.41) is 3.66. The second-order valence-corrected chi connectivity index (χ2v) is 6.37. The maximum absolute atomic E-state index is 5.75. The summed E-state index contributed by atoms with van der Waals surface area (Å²) in [7, 11) is 1.70. The summed E-state index contributed by atoms with van der Waals surface area (Å²) in [6.07, 6.45) is 5.69. The fraction of sp³-hybridized carbons (Fsp3) is 0.667. The monoisotopic (exact) mass is 291 g/mol. The first kappa shape index (κ1) is 16.2. The molecular formula is C18H29NO2. The highest BCUT2D eigenvalue weighted by atomic mass is 16.5. The van der Waals surface area contributed by atoms with E-state index < -0.39 is 0 Å². The molecule has 1 fully saturated rings. The van der Waals surface area contributed by atoms with Crippen LogP contribution in [-0.2, 0) is 6.54 Å². The molecule has 118 valence electrons. The van der Waals surface area contributed by atoms with Gasteiger partial charge in [0.15, 0.2) is 11.5 Å². The van der Waals surface area contributed by atoms with Gasteiger partial charge in [-0.3, -0.25) is 0 Å². The molecule has 1 aliphatic carbocycles. The van der Waals surface area contributed by atoms with Crippen LogP contribution in [0.5, 0.6) is 11.5 Å². The van der Waals surface area contributed by atoms with Gasteiger partial charge in [0.25, 0.3) is 0 Å². The van der Waals surface area contributed by atoms with E-state index in [1.807, 2.05) is 19.9 Å². The Morgan fingerprint density at radius 1 is 1.14 bits per heavy atom. The Kier molecular flexibility index (Phi) is 5.92. The van der Waals surface area contributed by atoms with Crippen LogP contribution in [0.1, 0.15) is 52.0 Å². The minimum atomic E-state index is 0.158. The summed E-state index contributed by atoms with van der Waals surface area (Å²) in [6, 6.07) is 6.79. The van der Waals surface area contributed by atoms with Crippen LogP contribution in [0.3, 0.4) is 0 Å². The van der Waals surface area contributed by atoms with E-state index >= 15 is 0 Å². The van der Waals surface area contributed by atoms with E-state index in [0.29, 0.717) is 6.04 Å². The molecule has 1 aromatic carbocycles. The smallest absolute Gasteiger partial charge is 0.161 e. The van der Waals surface area contributed by atoms with Crippen molar-refractivity contribution in [1.29, 1.82) is 0 Å². The van der Waals surface area contributed by atoms with Crippen molar-refractivity contribution < 1.29 is 9.47 Å². The maximum atomic E-state index is 5.75. The Labute approximate surface area is 129 Å². The van der Waals surface area contributed by atoms with Crippen LogP contribution in [0, 0.1) is 5.92 Å². The first-order valence-electron chi connectivity index (χ1n) is 8.17. The van der Waals surface area contributed by atoms with Crippen molar-refractivity contribution in [3.8, 4) is 11.5 Å². The van der Waals surface area contributed by atoms with Gasteiger partial charge in [-0.25, -0.2) is 0 Å². The van der Waals surface area contributed by atoms with Gasteiger partial charge in [0.1, 0.15) is 0 Å². The Balaban J connectivity index is 1.93. The van der Waals surface area contributed by atoms with Crippen LogP contribution in [0.2, 0.25) is 0 Å². The van der Waals surface area contributed by atoms with Crippen LogP contribution in [0.25, 0.3) is 0 Å². The second-order valence-electron chi connectivity index (χ2n) is 6.37. The summed E-state index contributed by atoms with van der Waals surface area (Å²) in [5.41, 5.74) is 1.24. The molecule has 0 amide bonds. The molecule has 1 N–H and O–H groups in total. The topological polar surface area (TPSA) is 30.5 Å². The number of methoxy groups -OCH3 is 1. The SMILES string of the molecule is COc1cc(CNC(C)C2CCCC2)ccc1OC(C)C. The Hall–Kier alpha value is -1.22. The van der Waals surface area contributed by atoms with Crippen molar-refractivity contribution in [3.05, 3.63) is 23.8 Å². The lowest BCUT2D eigenvalue weighted by Gasteiger charge is -2.21. The zero-order valence-electron chi connectivity index (χ0n) is 13.8. The van der Waals surface area contributed by atoms with E-state index in [4.69, 9.17) is 9.47 Å². The standard InChI is InChI=1S/C18H29NO2/c1-13(2)21-17-10-9-15(11-18(17)20-4)12-19-14(3)16-7-5-6-8-16/h9-11,13-14,16,19H,5-8,12H2,1-4H3. The Bertz CT molecular complexity index is 439. The molecule has 1 aromatic rings. The predicted octanol–water partition coefficient (Wildman–Crippen LogP) is 4.15. The molecule has 1 unspecified atom stereocenters. The highest BCUT2D eigenvalue weighted by Gasteiger charge is 2.21. The maximum Gasteiger partial charge on any atom is 0.161 e. The van der Waals surface area contributed by atoms with Crippen LogP contribution in [0.4, 0.5) is 0 Å². The molecule has 1 saturated carbocycles. The molecule has 3 nitrogen and oxygen atoms in total. The summed E-state index contributed by atoms with van der Waals surface area (Å²) in [6.45, 7) is 7.25. The van der Waals surface area contributed by atoms with E-state index in [-0.39, 0.29) is 6.10 Å². The highest BCUT2D eigenvalue weighted by molar-refractivity contribution is 5.43. The molecular weight excluding hydrogens is 262 g/mol. The van der Waals surface area contributed by atoms with Crippen LogP contribution < -0.4 is 14.8 Å². The fourth-order valence-electron chi connectivity index (χ4n) is 3.08. The highest BCUT2D eigenvalue weighted by Crippen LogP contribution is 2.30. The molecule has 2 rings (SSSR count). The van der Waals surface area contributed by atoms with E-state index in [1.54, 1.807) is 7.11 Å². The van der Waals surface area contributed by atoms with Crippen LogP contribution in [0.15, 0.2) is 18.2 Å². The molecule has 0 aromatic heterocycles. The third kappa shape index (κ3) is 4.63. The summed E-state index contributed by atoms with van der Waals surface area (Å²) < 4.78 is 11.2. The minimum Gasteiger partial charge on any atom is -0.493 e. The number of rotatable bonds is 7. The van der Waals surface area contributed by atoms with E-state index in [1.165, 1.54) is 31.2 Å². The average Bonchev–Trinajstić information content (AvgIpc) is 2.99. The largest absolute Gasteiger partial charge is 0.493 e. The van der Waals surface area contributed by atoms with Gasteiger partial charge in [-0.2, -0.15) is 0 Å². The number of nitrogens with one attached hydrogen (secondary N) is 1. The van der Waals surface area contributed by atoms with Crippen LogP contribution in [-0.4, -0.2) is 19.3 Å². The molecule has 0 aliphatic heterocycles. The lowest BCUT2D eigenvalue weighted by atomic mass is 9.99. The molecule has 1 atom stereocenters. The minimum absolute atomic E-state index is 0.158. The van der Waals surface area contributed by atoms with Gasteiger partial charge in [0.2, 0.25) is 0 Å². The van der Waals surface area contributed by atoms with E-state index in [0.717, 1.165) is 24.0 Å². The van der Waals surface area contributed by atoms with Crippen LogP contribution >= 0.6 is 0 Å². The first-order valence-corrected chi connectivity index (χ1v) is 8.17. The third-order valence-electron chi connectivity index (χ3n) is 4.33. The number of ether oxygens (including phenoxy) is 2. The number of hydrogen-bond donors (Lipinski definition) is 1. The average molecular weight is 291 g/mol. The van der Waals surface area contributed by atoms with Gasteiger partial charge in [0.05, 0.1) is 13.2 Å². The molecule has 0 bridgehead atoms. The number of benzene rings is 1. The lowest BCUT2D eigenvalue weighted by molar-refractivity contribution is 0.230. The Morgan fingerprint density at radius 3 is 2.48 bits per heavy atom. The van der Waals surface area contributed by atoms with Crippen molar-refractivity contribution >= 4 is 0 Å². The quantitative estimate of drug-likeness (QED) is 0.818. The first-order chi connectivity index (χ1) is 10.1. The molecule has 21 heavy (non-hydrogen) atoms. The van der Waals surface area contributed by atoms with Gasteiger partial charge in [0, 0.05) is 12.6 Å². The van der Waals surface area contributed by atoms with Gasteiger partial charge >= 0.3 is 0 Å². The number of hydrogen-bond acceptors (Lipinski definition) is 3. The van der Waals surface area contributed by atoms with E-state index in [2.05, 4.69) is 24.4 Å².